The number of nitrogens with one attached hydrogen (secondary N) is 2. The molecule has 5 rings (SSSR count). The number of methoxy groups -OCH3 is 2. The SMILES string of the molecule is C=C1C[C@@H](CO[Si](C)(C)C(C)(C)C)N(C(=O)c2cc(OC)c(OCCCCCOc3cc(NC(=O)OC[C@@H](C)SSc4ccc([N+](=O)[O-])cn4)c(C(=O)N4CC(=C)C[C@H]4CO[Si](C)(C)C(C)(C)C)cc3OC)cc2NC(=O)O)C1. The van der Waals surface area contributed by atoms with Crippen molar-refractivity contribution in [2.75, 3.05) is 71.0 Å². The van der Waals surface area contributed by atoms with Gasteiger partial charge in [-0.15, -0.1) is 0 Å². The molecule has 2 aromatic carbocycles. The van der Waals surface area contributed by atoms with Gasteiger partial charge in [-0.1, -0.05) is 76.6 Å². The molecule has 2 aliphatic heterocycles. The van der Waals surface area contributed by atoms with Gasteiger partial charge < -0.3 is 47.4 Å². The molecule has 79 heavy (non-hydrogen) atoms. The number of rotatable bonds is 26. The highest BCUT2D eigenvalue weighted by Crippen LogP contribution is 2.42. The Bertz CT molecular complexity index is 2700. The van der Waals surface area contributed by atoms with Gasteiger partial charge in [0, 0.05) is 36.5 Å². The van der Waals surface area contributed by atoms with E-state index in [-0.39, 0.29) is 110 Å². The minimum Gasteiger partial charge on any atom is -0.493 e. The number of aromatic nitrogens is 1. The van der Waals surface area contributed by atoms with E-state index in [1.54, 1.807) is 28.0 Å². The van der Waals surface area contributed by atoms with Gasteiger partial charge in [-0.05, 0) is 104 Å². The zero-order chi connectivity index (χ0) is 58.6. The van der Waals surface area contributed by atoms with Crippen molar-refractivity contribution in [3.8, 4) is 23.0 Å². The molecule has 0 radical (unpaired) electrons. The second kappa shape index (κ2) is 27.6. The topological polar surface area (TPSA) is 240 Å². The second-order valence-electron chi connectivity index (χ2n) is 22.8. The monoisotopic (exact) mass is 1170 g/mol. The molecule has 1 aromatic heterocycles. The van der Waals surface area contributed by atoms with Crippen molar-refractivity contribution in [1.29, 1.82) is 0 Å². The highest BCUT2D eigenvalue weighted by molar-refractivity contribution is 8.76. The quantitative estimate of drug-likeness (QED) is 0.0169. The molecule has 2 aliphatic rings. The van der Waals surface area contributed by atoms with Crippen molar-refractivity contribution in [3.63, 3.8) is 0 Å². The molecule has 3 aromatic rings. The van der Waals surface area contributed by atoms with Crippen molar-refractivity contribution >= 4 is 79.3 Å². The third-order valence-electron chi connectivity index (χ3n) is 14.7. The van der Waals surface area contributed by atoms with Crippen LogP contribution in [0.5, 0.6) is 23.0 Å². The summed E-state index contributed by atoms with van der Waals surface area (Å²) < 4.78 is 42.5. The Balaban J connectivity index is 1.26. The summed E-state index contributed by atoms with van der Waals surface area (Å²) in [5.74, 6) is 0.296. The molecule has 0 aliphatic carbocycles. The number of anilines is 2. The maximum atomic E-state index is 14.6. The van der Waals surface area contributed by atoms with E-state index in [9.17, 15) is 34.4 Å². The predicted molar refractivity (Wildman–Crippen MR) is 315 cm³/mol. The zero-order valence-corrected chi connectivity index (χ0v) is 51.7. The summed E-state index contributed by atoms with van der Waals surface area (Å²) in [5, 5.41) is 26.3. The van der Waals surface area contributed by atoms with Gasteiger partial charge in [0.1, 0.15) is 17.8 Å². The number of hydrogen-bond acceptors (Lipinski definition) is 16. The molecule has 3 N–H and O–H groups in total. The fourth-order valence-electron chi connectivity index (χ4n) is 7.99. The van der Waals surface area contributed by atoms with Gasteiger partial charge in [-0.2, -0.15) is 0 Å². The Morgan fingerprint density at radius 3 is 1.65 bits per heavy atom. The van der Waals surface area contributed by atoms with E-state index in [2.05, 4.69) is 96.5 Å². The smallest absolute Gasteiger partial charge is 0.411 e. The maximum absolute atomic E-state index is 14.6. The zero-order valence-electron chi connectivity index (χ0n) is 48.0. The van der Waals surface area contributed by atoms with Gasteiger partial charge in [-0.3, -0.25) is 30.3 Å². The van der Waals surface area contributed by atoms with Crippen LogP contribution in [0.4, 0.5) is 26.7 Å². The number of carbonyl (C=O) groups excluding carboxylic acids is 3. The number of carbonyl (C=O) groups is 4. The number of ether oxygens (including phenoxy) is 5. The Morgan fingerprint density at radius 2 is 1.24 bits per heavy atom. The third-order valence-corrected chi connectivity index (χ3v) is 26.4. The molecule has 0 unspecified atom stereocenters. The van der Waals surface area contributed by atoms with Gasteiger partial charge in [0.05, 0.1) is 80.2 Å². The van der Waals surface area contributed by atoms with Gasteiger partial charge in [-0.25, -0.2) is 14.6 Å². The largest absolute Gasteiger partial charge is 0.493 e. The van der Waals surface area contributed by atoms with Crippen LogP contribution in [0.3, 0.4) is 0 Å². The van der Waals surface area contributed by atoms with Crippen molar-refractivity contribution in [3.05, 3.63) is 88.1 Å². The molecule has 434 valence electrons. The van der Waals surface area contributed by atoms with E-state index in [0.29, 0.717) is 63.4 Å². The van der Waals surface area contributed by atoms with E-state index in [4.69, 9.17) is 32.5 Å². The van der Waals surface area contributed by atoms with Gasteiger partial charge in [0.2, 0.25) is 0 Å². The molecule has 20 nitrogen and oxygen atoms in total. The molecule has 3 heterocycles. The van der Waals surface area contributed by atoms with E-state index in [0.717, 1.165) is 11.1 Å². The molecule has 2 fully saturated rings. The van der Waals surface area contributed by atoms with Crippen LogP contribution in [0.15, 0.2) is 71.9 Å². The van der Waals surface area contributed by atoms with Crippen molar-refractivity contribution in [1.82, 2.24) is 14.8 Å². The van der Waals surface area contributed by atoms with Crippen LogP contribution in [0.25, 0.3) is 0 Å². The van der Waals surface area contributed by atoms with Crippen LogP contribution in [0.1, 0.15) is 101 Å². The van der Waals surface area contributed by atoms with Crippen molar-refractivity contribution in [2.45, 2.75) is 139 Å². The molecular weight excluding hydrogens is 1090 g/mol. The average molecular weight is 1170 g/mol. The highest BCUT2D eigenvalue weighted by atomic mass is 33.1. The minimum atomic E-state index is -2.17. The second-order valence-corrected chi connectivity index (χ2v) is 35.1. The molecule has 0 spiro atoms. The number of pyridine rings is 1. The molecule has 2 saturated heterocycles. The summed E-state index contributed by atoms with van der Waals surface area (Å²) in [6.07, 6.45) is 1.92. The summed E-state index contributed by atoms with van der Waals surface area (Å²) in [5.41, 5.74) is 2.09. The Labute approximate surface area is 474 Å². The fourth-order valence-corrected chi connectivity index (χ4v) is 11.9. The van der Waals surface area contributed by atoms with E-state index < -0.39 is 33.7 Å². The van der Waals surface area contributed by atoms with Gasteiger partial charge in [0.25, 0.3) is 17.5 Å². The molecule has 4 amide bonds. The lowest BCUT2D eigenvalue weighted by Gasteiger charge is -2.38. The molecular formula is C55H80N6O14S2Si2. The van der Waals surface area contributed by atoms with Crippen LogP contribution >= 0.6 is 21.6 Å². The standard InChI is InChI=1S/C55H80N6O14S2Si2/c1-35-23-39(33-74-78(12,13)54(4,5)6)59(30-35)50(62)41-25-45(69-10)47(27-43(41)57-52(64)65)71-21-17-16-18-22-72-48-28-44(58-53(66)73-32-37(3)76-77-49-20-19-38(29-56-49)61(67)68)42(26-46(48)70-11)51(63)60-31-36(2)24-40(60)34-75-79(14,15)55(7,8)9/h19-20,25-29,37,39-40,57H,1-2,16-18,21-24,30-34H2,3-15H3,(H,58,66)(H,64,65)/t37-,39+,40+/m1/s1. The Morgan fingerprint density at radius 1 is 0.772 bits per heavy atom. The predicted octanol–water partition coefficient (Wildman–Crippen LogP) is 12.7. The highest BCUT2D eigenvalue weighted by Gasteiger charge is 2.42. The Hall–Kier alpha value is -5.80. The summed E-state index contributed by atoms with van der Waals surface area (Å²) in [4.78, 5) is 72.5. The lowest BCUT2D eigenvalue weighted by atomic mass is 10.1. The number of nitro groups is 1. The first-order chi connectivity index (χ1) is 36.9. The first-order valence-electron chi connectivity index (χ1n) is 26.3. The maximum Gasteiger partial charge on any atom is 0.411 e. The van der Waals surface area contributed by atoms with Crippen molar-refractivity contribution in [2.24, 2.45) is 0 Å². The summed E-state index contributed by atoms with van der Waals surface area (Å²) in [7, 11) is 1.26. The van der Waals surface area contributed by atoms with E-state index >= 15 is 0 Å². The van der Waals surface area contributed by atoms with Crippen LogP contribution in [0.2, 0.25) is 36.3 Å². The van der Waals surface area contributed by atoms with Gasteiger partial charge in [0.15, 0.2) is 39.6 Å². The number of carboxylic acid groups (broad SMARTS) is 1. The lowest BCUT2D eigenvalue weighted by Crippen LogP contribution is -2.46. The number of hydrogen-bond donors (Lipinski definition) is 3. The van der Waals surface area contributed by atoms with Crippen LogP contribution in [0, 0.1) is 10.1 Å². The lowest BCUT2D eigenvalue weighted by molar-refractivity contribution is -0.385. The van der Waals surface area contributed by atoms with E-state index in [1.165, 1.54) is 60.2 Å². The van der Waals surface area contributed by atoms with Crippen LogP contribution in [-0.4, -0.2) is 143 Å². The van der Waals surface area contributed by atoms with Crippen LogP contribution in [-0.2, 0) is 13.6 Å². The van der Waals surface area contributed by atoms with E-state index in [1.807, 2.05) is 6.92 Å². The number of likely N-dealkylation sites (tertiary alicyclic amines) is 2. The normalized spacial score (nSPS) is 16.4. The number of amides is 4. The number of benzene rings is 2. The van der Waals surface area contributed by atoms with Gasteiger partial charge >= 0.3 is 12.2 Å². The van der Waals surface area contributed by atoms with Crippen molar-refractivity contribution < 1.29 is 61.7 Å². The number of nitrogens with zero attached hydrogens (tertiary/aromatic N) is 4. The fraction of sp³-hybridized carbons (Fsp3) is 0.545. The summed E-state index contributed by atoms with van der Waals surface area (Å²) in [6, 6.07) is 8.40. The number of unbranched alkanes of at least 4 members (excludes halogenated alkanes) is 2. The molecule has 0 bridgehead atoms. The first-order valence-corrected chi connectivity index (χ1v) is 34.3. The van der Waals surface area contributed by atoms with Crippen LogP contribution < -0.4 is 29.6 Å². The summed E-state index contributed by atoms with van der Waals surface area (Å²) >= 11 is 0. The molecule has 24 heteroatoms. The molecule has 0 saturated carbocycles. The third kappa shape index (κ3) is 17.6. The first kappa shape index (κ1) is 64.0. The minimum absolute atomic E-state index is 0.00990. The Kier molecular flexibility index (Phi) is 22.4. The summed E-state index contributed by atoms with van der Waals surface area (Å²) in [6.45, 7) is 33.5. The average Bonchev–Trinajstić information content (AvgIpc) is 3.97. The molecule has 3 atom stereocenters.